The molecule has 0 amide bonds. The molecule has 0 atom stereocenters. The lowest BCUT2D eigenvalue weighted by Gasteiger charge is -2.18. The van der Waals surface area contributed by atoms with Crippen molar-refractivity contribution in [3.63, 3.8) is 0 Å². The summed E-state index contributed by atoms with van der Waals surface area (Å²) in [5.41, 5.74) is 11.1. The van der Waals surface area contributed by atoms with E-state index in [1.807, 2.05) is 18.2 Å². The minimum Gasteiger partial charge on any atom is -0.408 e. The number of hydrogen-bond acceptors (Lipinski definition) is 5. The Bertz CT molecular complexity index is 1110. The van der Waals surface area contributed by atoms with Crippen molar-refractivity contribution < 1.29 is 4.42 Å². The van der Waals surface area contributed by atoms with Gasteiger partial charge >= 0.3 is 5.76 Å². The number of nitrogens with two attached hydrogens (primary N) is 1. The number of nitrogens with zero attached hydrogens (tertiary/aromatic N) is 2. The number of aromatic nitrogens is 3. The van der Waals surface area contributed by atoms with Gasteiger partial charge in [-0.05, 0) is 12.1 Å². The van der Waals surface area contributed by atoms with Crippen LogP contribution in [-0.4, -0.2) is 14.4 Å². The minimum absolute atomic E-state index is 0.00246. The normalized spacial score (nSPS) is 12.5. The molecule has 0 saturated carbocycles. The van der Waals surface area contributed by atoms with Gasteiger partial charge in [0.05, 0.1) is 16.9 Å². The van der Waals surface area contributed by atoms with E-state index >= 15 is 0 Å². The molecule has 4 aromatic rings. The van der Waals surface area contributed by atoms with Crippen LogP contribution in [0.15, 0.2) is 32.8 Å². The van der Waals surface area contributed by atoms with E-state index in [4.69, 9.17) is 15.1 Å². The molecule has 0 aliphatic carbocycles. The Morgan fingerprint density at radius 2 is 2.17 bits per heavy atom. The number of aromatic amines is 1. The summed E-state index contributed by atoms with van der Waals surface area (Å²) in [6.07, 6.45) is 0. The Morgan fingerprint density at radius 1 is 1.38 bits per heavy atom. The van der Waals surface area contributed by atoms with Gasteiger partial charge in [0.1, 0.15) is 0 Å². The van der Waals surface area contributed by atoms with Crippen molar-refractivity contribution in [3.8, 4) is 11.3 Å². The van der Waals surface area contributed by atoms with E-state index in [-0.39, 0.29) is 5.41 Å². The van der Waals surface area contributed by atoms with Crippen LogP contribution in [0.3, 0.4) is 0 Å². The molecule has 0 spiro atoms. The van der Waals surface area contributed by atoms with Crippen molar-refractivity contribution in [1.82, 2.24) is 14.4 Å². The highest BCUT2D eigenvalue weighted by molar-refractivity contribution is 7.15. The lowest BCUT2D eigenvalue weighted by atomic mass is 9.93. The molecule has 4 rings (SSSR count). The van der Waals surface area contributed by atoms with Crippen LogP contribution in [0, 0.1) is 0 Å². The number of hydrogen-bond donors (Lipinski definition) is 2. The molecular formula is C17H18N4O2S. The quantitative estimate of drug-likeness (QED) is 0.585. The molecule has 0 radical (unpaired) electrons. The molecule has 7 heteroatoms. The van der Waals surface area contributed by atoms with Gasteiger partial charge in [0.2, 0.25) is 0 Å². The van der Waals surface area contributed by atoms with E-state index in [0.29, 0.717) is 17.6 Å². The molecule has 0 aliphatic heterocycles. The van der Waals surface area contributed by atoms with E-state index in [0.717, 1.165) is 21.9 Å². The predicted molar refractivity (Wildman–Crippen MR) is 95.5 cm³/mol. The summed E-state index contributed by atoms with van der Waals surface area (Å²) in [6.45, 7) is 6.91. The molecule has 0 bridgehead atoms. The second-order valence-electron chi connectivity index (χ2n) is 6.83. The third-order valence-electron chi connectivity index (χ3n) is 4.12. The van der Waals surface area contributed by atoms with E-state index in [2.05, 4.69) is 35.5 Å². The summed E-state index contributed by atoms with van der Waals surface area (Å²) in [5, 5.41) is 2.14. The molecule has 6 nitrogen and oxygen atoms in total. The summed E-state index contributed by atoms with van der Waals surface area (Å²) < 4.78 is 7.31. The summed E-state index contributed by atoms with van der Waals surface area (Å²) in [7, 11) is 0. The monoisotopic (exact) mass is 342 g/mol. The fourth-order valence-electron chi connectivity index (χ4n) is 2.94. The van der Waals surface area contributed by atoms with Crippen LogP contribution in [0.25, 0.3) is 27.3 Å². The van der Waals surface area contributed by atoms with Crippen LogP contribution < -0.4 is 11.5 Å². The van der Waals surface area contributed by atoms with Crippen molar-refractivity contribution in [1.29, 1.82) is 0 Å². The number of nitrogens with one attached hydrogen (secondary N) is 1. The first-order valence-electron chi connectivity index (χ1n) is 7.71. The zero-order valence-electron chi connectivity index (χ0n) is 13.7. The number of thiazole rings is 1. The maximum atomic E-state index is 11.4. The Kier molecular flexibility index (Phi) is 3.20. The Balaban J connectivity index is 1.98. The molecule has 24 heavy (non-hydrogen) atoms. The maximum absolute atomic E-state index is 11.4. The van der Waals surface area contributed by atoms with Crippen molar-refractivity contribution in [2.75, 3.05) is 0 Å². The van der Waals surface area contributed by atoms with Crippen LogP contribution in [0.4, 0.5) is 0 Å². The molecule has 0 fully saturated rings. The maximum Gasteiger partial charge on any atom is 0.417 e. The third-order valence-corrected chi connectivity index (χ3v) is 4.94. The molecule has 3 heterocycles. The number of benzene rings is 1. The lowest BCUT2D eigenvalue weighted by molar-refractivity contribution is 0.555. The summed E-state index contributed by atoms with van der Waals surface area (Å²) in [6, 6.07) is 5.58. The van der Waals surface area contributed by atoms with Gasteiger partial charge in [0, 0.05) is 28.6 Å². The third kappa shape index (κ3) is 2.20. The Labute approximate surface area is 141 Å². The van der Waals surface area contributed by atoms with Gasteiger partial charge in [-0.2, -0.15) is 0 Å². The topological polar surface area (TPSA) is 89.3 Å². The van der Waals surface area contributed by atoms with E-state index < -0.39 is 5.76 Å². The second-order valence-corrected chi connectivity index (χ2v) is 7.66. The highest BCUT2D eigenvalue weighted by Crippen LogP contribution is 2.34. The zero-order valence-corrected chi connectivity index (χ0v) is 14.5. The molecule has 3 aromatic heterocycles. The standard InChI is InChI=1S/C17H18N4O2S/c1-17(2,3)13-8-24-15-20-14(11(7-18)21(13)15)9-4-5-10-12(6-9)23-16(22)19-10/h4-6,8H,7,18H2,1-3H3,(H,19,22). The van der Waals surface area contributed by atoms with Gasteiger partial charge in [-0.15, -0.1) is 11.3 Å². The number of oxazole rings is 1. The Morgan fingerprint density at radius 3 is 2.88 bits per heavy atom. The van der Waals surface area contributed by atoms with Crippen molar-refractivity contribution >= 4 is 27.4 Å². The van der Waals surface area contributed by atoms with E-state index in [9.17, 15) is 4.79 Å². The molecule has 1 aromatic carbocycles. The molecule has 0 saturated heterocycles. The van der Waals surface area contributed by atoms with Crippen LogP contribution >= 0.6 is 11.3 Å². The SMILES string of the molecule is CC(C)(C)c1csc2nc(-c3ccc4[nH]c(=O)oc4c3)c(CN)n12. The average molecular weight is 342 g/mol. The number of fused-ring (bicyclic) bond motifs is 2. The van der Waals surface area contributed by atoms with Gasteiger partial charge in [0.15, 0.2) is 10.5 Å². The first kappa shape index (κ1) is 15.2. The minimum atomic E-state index is -0.456. The molecule has 3 N–H and O–H groups in total. The highest BCUT2D eigenvalue weighted by Gasteiger charge is 2.24. The van der Waals surface area contributed by atoms with Crippen molar-refractivity contribution in [2.45, 2.75) is 32.7 Å². The van der Waals surface area contributed by atoms with Crippen LogP contribution in [0.5, 0.6) is 0 Å². The fourth-order valence-corrected chi connectivity index (χ4v) is 4.08. The van der Waals surface area contributed by atoms with Crippen molar-refractivity contribution in [2.24, 2.45) is 5.73 Å². The zero-order chi connectivity index (χ0) is 17.1. The molecule has 0 unspecified atom stereocenters. The van der Waals surface area contributed by atoms with Crippen LogP contribution in [0.1, 0.15) is 32.2 Å². The Hall–Kier alpha value is -2.38. The number of rotatable bonds is 2. The predicted octanol–water partition coefficient (Wildman–Crippen LogP) is 3.25. The summed E-state index contributed by atoms with van der Waals surface area (Å²) >= 11 is 1.61. The number of imidazole rings is 1. The molecular weight excluding hydrogens is 324 g/mol. The smallest absolute Gasteiger partial charge is 0.408 e. The number of H-pyrrole nitrogens is 1. The fraction of sp³-hybridized carbons (Fsp3) is 0.294. The second kappa shape index (κ2) is 5.06. The largest absolute Gasteiger partial charge is 0.417 e. The summed E-state index contributed by atoms with van der Waals surface area (Å²) in [4.78, 5) is 19.7. The average Bonchev–Trinajstić information content (AvgIpc) is 3.15. The van der Waals surface area contributed by atoms with Gasteiger partial charge in [-0.1, -0.05) is 26.8 Å². The van der Waals surface area contributed by atoms with Gasteiger partial charge in [0.25, 0.3) is 0 Å². The van der Waals surface area contributed by atoms with Gasteiger partial charge in [-0.25, -0.2) is 9.78 Å². The van der Waals surface area contributed by atoms with Crippen LogP contribution in [0.2, 0.25) is 0 Å². The van der Waals surface area contributed by atoms with Crippen molar-refractivity contribution in [3.05, 3.63) is 45.5 Å². The summed E-state index contributed by atoms with van der Waals surface area (Å²) in [5.74, 6) is -0.456. The highest BCUT2D eigenvalue weighted by atomic mass is 32.1. The molecule has 0 aliphatic rings. The first-order valence-corrected chi connectivity index (χ1v) is 8.59. The molecule has 124 valence electrons. The van der Waals surface area contributed by atoms with Crippen LogP contribution in [-0.2, 0) is 12.0 Å². The van der Waals surface area contributed by atoms with E-state index in [1.165, 1.54) is 5.69 Å². The van der Waals surface area contributed by atoms with Gasteiger partial charge < -0.3 is 10.2 Å². The first-order chi connectivity index (χ1) is 11.4. The van der Waals surface area contributed by atoms with Gasteiger partial charge in [-0.3, -0.25) is 9.38 Å². The lowest BCUT2D eigenvalue weighted by Crippen LogP contribution is -2.16. The van der Waals surface area contributed by atoms with E-state index in [1.54, 1.807) is 11.3 Å².